The average Bonchev–Trinajstić information content (AvgIpc) is 2.67. The van der Waals surface area contributed by atoms with Crippen molar-refractivity contribution in [2.45, 2.75) is 35.2 Å². The van der Waals surface area contributed by atoms with E-state index in [2.05, 4.69) is 43.1 Å². The van der Waals surface area contributed by atoms with Crippen LogP contribution in [-0.4, -0.2) is 60.8 Å². The van der Waals surface area contributed by atoms with Crippen LogP contribution in [0, 0.1) is 0 Å². The van der Waals surface area contributed by atoms with Gasteiger partial charge in [-0.05, 0) is 30.5 Å². The van der Waals surface area contributed by atoms with Gasteiger partial charge in [0.2, 0.25) is 0 Å². The van der Waals surface area contributed by atoms with Gasteiger partial charge in [-0.3, -0.25) is 4.90 Å². The van der Waals surface area contributed by atoms with Gasteiger partial charge in [-0.25, -0.2) is 9.97 Å². The number of aromatic nitrogens is 2. The number of nitrogens with one attached hydrogen (secondary N) is 2. The van der Waals surface area contributed by atoms with Crippen LogP contribution >= 0.6 is 11.8 Å². The standard InChI is InChI=1S/C18H24N6O2S2/c1-23(2)28(25,26)22-14-5-7-24(8-6-14)11-13-3-4-16-15(9-13)21-18-17(27-16)10-19-12-20-18/h3-4,9-10,12,14,22H,5-8,11H2,1-2H3,(H,19,20,21). The molecule has 1 aromatic heterocycles. The third-order valence-corrected chi connectivity index (χ3v) is 7.67. The second-order valence-corrected chi connectivity index (χ2v) is 10.2. The molecule has 0 atom stereocenters. The molecule has 2 aliphatic rings. The van der Waals surface area contributed by atoms with Gasteiger partial charge < -0.3 is 5.32 Å². The molecule has 10 heteroatoms. The fraction of sp³-hybridized carbons (Fsp3) is 0.444. The summed E-state index contributed by atoms with van der Waals surface area (Å²) in [5.74, 6) is 0.846. The Morgan fingerprint density at radius 2 is 2.07 bits per heavy atom. The second-order valence-electron chi connectivity index (χ2n) is 7.25. The molecule has 4 rings (SSSR count). The average molecular weight is 421 g/mol. The van der Waals surface area contributed by atoms with Crippen molar-refractivity contribution in [3.05, 3.63) is 36.3 Å². The molecule has 0 saturated carbocycles. The van der Waals surface area contributed by atoms with E-state index in [9.17, 15) is 8.42 Å². The minimum Gasteiger partial charge on any atom is -0.338 e. The highest BCUT2D eigenvalue weighted by atomic mass is 32.2. The van der Waals surface area contributed by atoms with Crippen LogP contribution in [0.5, 0.6) is 0 Å². The molecule has 0 spiro atoms. The summed E-state index contributed by atoms with van der Waals surface area (Å²) in [5.41, 5.74) is 2.30. The second kappa shape index (κ2) is 7.96. The highest BCUT2D eigenvalue weighted by Crippen LogP contribution is 2.42. The zero-order valence-electron chi connectivity index (χ0n) is 15.9. The predicted molar refractivity (Wildman–Crippen MR) is 110 cm³/mol. The Balaban J connectivity index is 1.35. The van der Waals surface area contributed by atoms with Crippen molar-refractivity contribution in [1.29, 1.82) is 0 Å². The van der Waals surface area contributed by atoms with Gasteiger partial charge in [-0.2, -0.15) is 17.4 Å². The molecule has 8 nitrogen and oxygen atoms in total. The van der Waals surface area contributed by atoms with Crippen LogP contribution in [-0.2, 0) is 16.8 Å². The zero-order chi connectivity index (χ0) is 19.7. The minimum absolute atomic E-state index is 0.00133. The molecule has 150 valence electrons. The fourth-order valence-corrected chi connectivity index (χ4v) is 5.15. The molecular formula is C18H24N6O2S2. The third-order valence-electron chi connectivity index (χ3n) is 4.99. The highest BCUT2D eigenvalue weighted by molar-refractivity contribution is 7.99. The maximum absolute atomic E-state index is 12.0. The Bertz CT molecular complexity index is 958. The van der Waals surface area contributed by atoms with E-state index in [1.165, 1.54) is 14.8 Å². The fourth-order valence-electron chi connectivity index (χ4n) is 3.38. The van der Waals surface area contributed by atoms with Gasteiger partial charge in [0.15, 0.2) is 0 Å². The Morgan fingerprint density at radius 3 is 2.82 bits per heavy atom. The Hall–Kier alpha value is -1.72. The van der Waals surface area contributed by atoms with Crippen LogP contribution in [0.2, 0.25) is 0 Å². The smallest absolute Gasteiger partial charge is 0.279 e. The van der Waals surface area contributed by atoms with Crippen LogP contribution in [0.1, 0.15) is 18.4 Å². The lowest BCUT2D eigenvalue weighted by molar-refractivity contribution is 0.199. The highest BCUT2D eigenvalue weighted by Gasteiger charge is 2.25. The van der Waals surface area contributed by atoms with E-state index in [1.54, 1.807) is 32.2 Å². The van der Waals surface area contributed by atoms with Crippen molar-refractivity contribution in [3.63, 3.8) is 0 Å². The number of hydrogen-bond donors (Lipinski definition) is 2. The number of fused-ring (bicyclic) bond motifs is 2. The van der Waals surface area contributed by atoms with Gasteiger partial charge in [0.05, 0.1) is 10.6 Å². The van der Waals surface area contributed by atoms with Crippen molar-refractivity contribution < 1.29 is 8.42 Å². The summed E-state index contributed by atoms with van der Waals surface area (Å²) in [4.78, 5) is 13.0. The maximum atomic E-state index is 12.0. The lowest BCUT2D eigenvalue weighted by Gasteiger charge is -2.33. The first-order chi connectivity index (χ1) is 13.4. The van der Waals surface area contributed by atoms with E-state index in [4.69, 9.17) is 0 Å². The number of benzene rings is 1. The maximum Gasteiger partial charge on any atom is 0.279 e. The van der Waals surface area contributed by atoms with E-state index >= 15 is 0 Å². The van der Waals surface area contributed by atoms with E-state index < -0.39 is 10.2 Å². The van der Waals surface area contributed by atoms with E-state index in [1.807, 2.05) is 6.20 Å². The molecule has 2 aliphatic heterocycles. The van der Waals surface area contributed by atoms with Crippen LogP contribution in [0.25, 0.3) is 0 Å². The molecule has 1 fully saturated rings. The molecular weight excluding hydrogens is 396 g/mol. The Morgan fingerprint density at radius 1 is 1.29 bits per heavy atom. The third kappa shape index (κ3) is 4.31. The Kier molecular flexibility index (Phi) is 5.57. The summed E-state index contributed by atoms with van der Waals surface area (Å²) in [7, 11) is -0.273. The number of likely N-dealkylation sites (tertiary alicyclic amines) is 1. The lowest BCUT2D eigenvalue weighted by Crippen LogP contribution is -2.47. The molecule has 0 unspecified atom stereocenters. The van der Waals surface area contributed by atoms with E-state index in [0.29, 0.717) is 0 Å². The van der Waals surface area contributed by atoms with Gasteiger partial charge in [0, 0.05) is 50.9 Å². The van der Waals surface area contributed by atoms with Gasteiger partial charge >= 0.3 is 0 Å². The first-order valence-corrected chi connectivity index (χ1v) is 11.5. The molecule has 1 aromatic carbocycles. The predicted octanol–water partition coefficient (Wildman–Crippen LogP) is 2.05. The summed E-state index contributed by atoms with van der Waals surface area (Å²) < 4.78 is 28.0. The molecule has 28 heavy (non-hydrogen) atoms. The quantitative estimate of drug-likeness (QED) is 0.653. The molecule has 0 aliphatic carbocycles. The first kappa shape index (κ1) is 19.6. The minimum atomic E-state index is -3.37. The number of rotatable bonds is 5. The first-order valence-electron chi connectivity index (χ1n) is 9.21. The number of piperidine rings is 1. The number of hydrogen-bond acceptors (Lipinski definition) is 7. The summed E-state index contributed by atoms with van der Waals surface area (Å²) in [5, 5.41) is 3.39. The van der Waals surface area contributed by atoms with Crippen molar-refractivity contribution in [2.24, 2.45) is 0 Å². The largest absolute Gasteiger partial charge is 0.338 e. The summed E-state index contributed by atoms with van der Waals surface area (Å²) in [6.07, 6.45) is 5.01. The molecule has 0 bridgehead atoms. The van der Waals surface area contributed by atoms with Crippen molar-refractivity contribution >= 4 is 33.5 Å². The zero-order valence-corrected chi connectivity index (χ0v) is 17.6. The monoisotopic (exact) mass is 420 g/mol. The molecule has 2 aromatic rings. The summed E-state index contributed by atoms with van der Waals surface area (Å²) in [6.45, 7) is 2.59. The molecule has 3 heterocycles. The van der Waals surface area contributed by atoms with Crippen LogP contribution < -0.4 is 10.0 Å². The molecule has 1 saturated heterocycles. The van der Waals surface area contributed by atoms with Crippen LogP contribution in [0.4, 0.5) is 11.5 Å². The normalized spacial score (nSPS) is 17.8. The van der Waals surface area contributed by atoms with Gasteiger partial charge in [-0.1, -0.05) is 17.8 Å². The number of nitrogens with zero attached hydrogens (tertiary/aromatic N) is 4. The summed E-state index contributed by atoms with van der Waals surface area (Å²) >= 11 is 1.67. The SMILES string of the molecule is CN(C)S(=O)(=O)NC1CCN(Cc2ccc3c(c2)Nc2ncncc2S3)CC1. The lowest BCUT2D eigenvalue weighted by atomic mass is 10.1. The topological polar surface area (TPSA) is 90.5 Å². The Labute approximate surface area is 169 Å². The molecule has 0 amide bonds. The van der Waals surface area contributed by atoms with Gasteiger partial charge in [0.25, 0.3) is 10.2 Å². The van der Waals surface area contributed by atoms with Gasteiger partial charge in [-0.15, -0.1) is 0 Å². The number of anilines is 2. The van der Waals surface area contributed by atoms with Gasteiger partial charge in [0.1, 0.15) is 12.1 Å². The molecule has 2 N–H and O–H groups in total. The van der Waals surface area contributed by atoms with Crippen LogP contribution in [0.15, 0.2) is 40.5 Å². The van der Waals surface area contributed by atoms with E-state index in [0.717, 1.165) is 48.9 Å². The van der Waals surface area contributed by atoms with E-state index in [-0.39, 0.29) is 6.04 Å². The molecule has 0 radical (unpaired) electrons. The van der Waals surface area contributed by atoms with Crippen molar-refractivity contribution in [3.8, 4) is 0 Å². The van der Waals surface area contributed by atoms with Crippen molar-refractivity contribution in [2.75, 3.05) is 32.5 Å². The van der Waals surface area contributed by atoms with Crippen LogP contribution in [0.3, 0.4) is 0 Å². The van der Waals surface area contributed by atoms with Crippen molar-refractivity contribution in [1.82, 2.24) is 23.9 Å². The summed E-state index contributed by atoms with van der Waals surface area (Å²) in [6, 6.07) is 6.47.